The molecule has 2 heterocycles. The third-order valence-electron chi connectivity index (χ3n) is 5.04. The van der Waals surface area contributed by atoms with Crippen molar-refractivity contribution in [3.63, 3.8) is 0 Å². The quantitative estimate of drug-likeness (QED) is 0.892. The van der Waals surface area contributed by atoms with Gasteiger partial charge >= 0.3 is 6.03 Å². The molecule has 2 saturated heterocycles. The summed E-state index contributed by atoms with van der Waals surface area (Å²) < 4.78 is 5.87. The van der Waals surface area contributed by atoms with Crippen LogP contribution in [-0.2, 0) is 4.74 Å². The van der Waals surface area contributed by atoms with E-state index in [4.69, 9.17) is 4.74 Å². The number of carbonyl (C=O) groups excluding carboxylic acids is 1. The lowest BCUT2D eigenvalue weighted by Gasteiger charge is -2.34. The van der Waals surface area contributed by atoms with E-state index in [-0.39, 0.29) is 18.2 Å². The summed E-state index contributed by atoms with van der Waals surface area (Å²) in [6.45, 7) is 8.60. The molecule has 1 atom stereocenters. The van der Waals surface area contributed by atoms with Gasteiger partial charge in [-0.1, -0.05) is 32.0 Å². The minimum absolute atomic E-state index is 0.0776. The molecule has 2 fully saturated rings. The molecule has 0 unspecified atom stereocenters. The maximum atomic E-state index is 12.5. The second kappa shape index (κ2) is 8.56. The molecule has 0 radical (unpaired) electrons. The molecule has 2 amide bonds. The second-order valence-electron chi connectivity index (χ2n) is 7.63. The SMILES string of the molecule is CC(C)CO[C@@H]1CCN(C(=O)NC2CCN(c3ccccc3)CC2)C1. The van der Waals surface area contributed by atoms with Gasteiger partial charge in [0, 0.05) is 44.5 Å². The van der Waals surface area contributed by atoms with E-state index in [1.165, 1.54) is 5.69 Å². The van der Waals surface area contributed by atoms with Gasteiger partial charge in [0.05, 0.1) is 6.10 Å². The van der Waals surface area contributed by atoms with Crippen molar-refractivity contribution >= 4 is 11.7 Å². The molecule has 138 valence electrons. The lowest BCUT2D eigenvalue weighted by molar-refractivity contribution is 0.0435. The van der Waals surface area contributed by atoms with Gasteiger partial charge in [0.15, 0.2) is 0 Å². The fraction of sp³-hybridized carbons (Fsp3) is 0.650. The van der Waals surface area contributed by atoms with Crippen molar-refractivity contribution in [2.45, 2.75) is 45.3 Å². The van der Waals surface area contributed by atoms with Gasteiger partial charge in [-0.15, -0.1) is 0 Å². The fourth-order valence-corrected chi connectivity index (χ4v) is 3.56. The smallest absolute Gasteiger partial charge is 0.317 e. The number of nitrogens with one attached hydrogen (secondary N) is 1. The average molecular weight is 345 g/mol. The number of rotatable bonds is 5. The Morgan fingerprint density at radius 1 is 1.16 bits per heavy atom. The Hall–Kier alpha value is -1.75. The van der Waals surface area contributed by atoms with Crippen LogP contribution in [0.3, 0.4) is 0 Å². The number of hydrogen-bond donors (Lipinski definition) is 1. The maximum Gasteiger partial charge on any atom is 0.317 e. The van der Waals surface area contributed by atoms with Crippen molar-refractivity contribution in [3.8, 4) is 0 Å². The lowest BCUT2D eigenvalue weighted by atomic mass is 10.0. The van der Waals surface area contributed by atoms with Crippen LogP contribution in [0.15, 0.2) is 30.3 Å². The molecule has 1 N–H and O–H groups in total. The number of hydrogen-bond acceptors (Lipinski definition) is 3. The topological polar surface area (TPSA) is 44.8 Å². The number of likely N-dealkylation sites (tertiary alicyclic amines) is 1. The van der Waals surface area contributed by atoms with E-state index >= 15 is 0 Å². The standard InChI is InChI=1S/C20H31N3O2/c1-16(2)15-25-19-10-13-23(14-19)20(24)21-17-8-11-22(12-9-17)18-6-4-3-5-7-18/h3-7,16-17,19H,8-15H2,1-2H3,(H,21,24)/t19-/m1/s1. The number of carbonyl (C=O) groups is 1. The summed E-state index contributed by atoms with van der Waals surface area (Å²) in [5, 5.41) is 3.22. The number of amides is 2. The summed E-state index contributed by atoms with van der Waals surface area (Å²) in [6.07, 6.45) is 3.16. The molecule has 2 aliphatic rings. The van der Waals surface area contributed by atoms with Gasteiger partial charge in [0.1, 0.15) is 0 Å². The molecular formula is C20H31N3O2. The molecule has 1 aromatic carbocycles. The van der Waals surface area contributed by atoms with E-state index in [0.717, 1.165) is 52.0 Å². The van der Waals surface area contributed by atoms with E-state index in [2.05, 4.69) is 48.3 Å². The van der Waals surface area contributed by atoms with Gasteiger partial charge in [0.2, 0.25) is 0 Å². The highest BCUT2D eigenvalue weighted by atomic mass is 16.5. The molecular weight excluding hydrogens is 314 g/mol. The number of anilines is 1. The van der Waals surface area contributed by atoms with Gasteiger partial charge in [-0.2, -0.15) is 0 Å². The predicted molar refractivity (Wildman–Crippen MR) is 101 cm³/mol. The lowest BCUT2D eigenvalue weighted by Crippen LogP contribution is -2.49. The molecule has 0 aliphatic carbocycles. The summed E-state index contributed by atoms with van der Waals surface area (Å²) in [7, 11) is 0. The molecule has 1 aromatic rings. The van der Waals surface area contributed by atoms with E-state index < -0.39 is 0 Å². The maximum absolute atomic E-state index is 12.5. The highest BCUT2D eigenvalue weighted by molar-refractivity contribution is 5.75. The third kappa shape index (κ3) is 5.11. The average Bonchev–Trinajstić information content (AvgIpc) is 3.11. The molecule has 25 heavy (non-hydrogen) atoms. The highest BCUT2D eigenvalue weighted by Gasteiger charge is 2.29. The number of para-hydroxylation sites is 1. The van der Waals surface area contributed by atoms with Crippen LogP contribution in [0.4, 0.5) is 10.5 Å². The number of ether oxygens (including phenoxy) is 1. The molecule has 0 aromatic heterocycles. The fourth-order valence-electron chi connectivity index (χ4n) is 3.56. The Bertz CT molecular complexity index is 541. The van der Waals surface area contributed by atoms with Crippen LogP contribution in [-0.4, -0.2) is 55.9 Å². The van der Waals surface area contributed by atoms with Crippen molar-refractivity contribution in [2.75, 3.05) is 37.7 Å². The van der Waals surface area contributed by atoms with Crippen LogP contribution in [0.1, 0.15) is 33.1 Å². The predicted octanol–water partition coefficient (Wildman–Crippen LogP) is 3.11. The monoisotopic (exact) mass is 345 g/mol. The first-order valence-corrected chi connectivity index (χ1v) is 9.59. The molecule has 2 aliphatic heterocycles. The molecule has 5 heteroatoms. The van der Waals surface area contributed by atoms with Crippen molar-refractivity contribution in [3.05, 3.63) is 30.3 Å². The Morgan fingerprint density at radius 3 is 2.56 bits per heavy atom. The van der Waals surface area contributed by atoms with E-state index in [0.29, 0.717) is 5.92 Å². The van der Waals surface area contributed by atoms with Crippen molar-refractivity contribution < 1.29 is 9.53 Å². The Balaban J connectivity index is 1.39. The molecule has 3 rings (SSSR count). The summed E-state index contributed by atoms with van der Waals surface area (Å²) >= 11 is 0. The zero-order chi connectivity index (χ0) is 17.6. The molecule has 5 nitrogen and oxygen atoms in total. The number of nitrogens with zero attached hydrogens (tertiary/aromatic N) is 2. The largest absolute Gasteiger partial charge is 0.376 e. The summed E-state index contributed by atoms with van der Waals surface area (Å²) in [5.41, 5.74) is 1.27. The second-order valence-corrected chi connectivity index (χ2v) is 7.63. The summed E-state index contributed by atoms with van der Waals surface area (Å²) in [4.78, 5) is 16.8. The van der Waals surface area contributed by atoms with Crippen LogP contribution < -0.4 is 10.2 Å². The molecule has 0 spiro atoms. The van der Waals surface area contributed by atoms with Crippen LogP contribution in [0.2, 0.25) is 0 Å². The number of piperidine rings is 1. The van der Waals surface area contributed by atoms with Crippen LogP contribution in [0, 0.1) is 5.92 Å². The van der Waals surface area contributed by atoms with Crippen molar-refractivity contribution in [1.82, 2.24) is 10.2 Å². The summed E-state index contributed by atoms with van der Waals surface area (Å²) in [6, 6.07) is 10.9. The van der Waals surface area contributed by atoms with Gasteiger partial charge in [-0.3, -0.25) is 0 Å². The minimum Gasteiger partial charge on any atom is -0.376 e. The minimum atomic E-state index is 0.0776. The molecule has 0 saturated carbocycles. The highest BCUT2D eigenvalue weighted by Crippen LogP contribution is 2.20. The van der Waals surface area contributed by atoms with Gasteiger partial charge in [0.25, 0.3) is 0 Å². The zero-order valence-electron chi connectivity index (χ0n) is 15.5. The van der Waals surface area contributed by atoms with Crippen LogP contribution in [0.5, 0.6) is 0 Å². The van der Waals surface area contributed by atoms with E-state index in [1.54, 1.807) is 0 Å². The summed E-state index contributed by atoms with van der Waals surface area (Å²) in [5.74, 6) is 0.540. The van der Waals surface area contributed by atoms with Gasteiger partial charge in [-0.25, -0.2) is 4.79 Å². The van der Waals surface area contributed by atoms with Gasteiger partial charge in [-0.05, 0) is 37.3 Å². The normalized spacial score (nSPS) is 21.8. The molecule has 0 bridgehead atoms. The first kappa shape index (κ1) is 18.1. The Morgan fingerprint density at radius 2 is 1.88 bits per heavy atom. The van der Waals surface area contributed by atoms with Crippen LogP contribution >= 0.6 is 0 Å². The number of benzene rings is 1. The first-order valence-electron chi connectivity index (χ1n) is 9.59. The number of urea groups is 1. The van der Waals surface area contributed by atoms with Gasteiger partial charge < -0.3 is 19.9 Å². The Kier molecular flexibility index (Phi) is 6.19. The van der Waals surface area contributed by atoms with E-state index in [1.807, 2.05) is 11.0 Å². The first-order chi connectivity index (χ1) is 12.1. The van der Waals surface area contributed by atoms with Crippen LogP contribution in [0.25, 0.3) is 0 Å². The van der Waals surface area contributed by atoms with E-state index in [9.17, 15) is 4.79 Å². The van der Waals surface area contributed by atoms with Crippen molar-refractivity contribution in [1.29, 1.82) is 0 Å². The zero-order valence-corrected chi connectivity index (χ0v) is 15.5. The van der Waals surface area contributed by atoms with Crippen molar-refractivity contribution in [2.24, 2.45) is 5.92 Å². The third-order valence-corrected chi connectivity index (χ3v) is 5.04. The Labute approximate surface area is 151 Å².